The molecule has 2 rings (SSSR count). The molecule has 1 aromatic heterocycles. The van der Waals surface area contributed by atoms with Crippen LogP contribution in [0, 0.1) is 0 Å². The van der Waals surface area contributed by atoms with Gasteiger partial charge in [-0.25, -0.2) is 0 Å². The van der Waals surface area contributed by atoms with E-state index < -0.39 is 36.1 Å². The molecule has 1 heterocycles. The van der Waals surface area contributed by atoms with Gasteiger partial charge in [0.25, 0.3) is 11.8 Å². The summed E-state index contributed by atoms with van der Waals surface area (Å²) >= 11 is 1.15. The molecule has 25 heavy (non-hydrogen) atoms. The van der Waals surface area contributed by atoms with Crippen LogP contribution in [0.2, 0.25) is 0 Å². The third kappa shape index (κ3) is 5.71. The van der Waals surface area contributed by atoms with Gasteiger partial charge < -0.3 is 4.74 Å². The predicted molar refractivity (Wildman–Crippen MR) is 82.9 cm³/mol. The molecule has 132 valence electrons. The monoisotopic (exact) mass is 371 g/mol. The topological polar surface area (TPSA) is 72.5 Å². The number of hydrogen-bond donors (Lipinski definition) is 1. The molecule has 0 radical (unpaired) electrons. The van der Waals surface area contributed by atoms with Crippen LogP contribution in [-0.4, -0.2) is 24.4 Å². The molecule has 0 fully saturated rings. The Morgan fingerprint density at radius 1 is 1.08 bits per heavy atom. The molecule has 0 saturated carbocycles. The van der Waals surface area contributed by atoms with Gasteiger partial charge in [0.05, 0.1) is 16.9 Å². The number of amides is 2. The highest BCUT2D eigenvalue weighted by atomic mass is 32.1. The number of halogens is 3. The minimum absolute atomic E-state index is 0.287. The molecule has 1 N–H and O–H groups in total. The molecule has 2 amide bonds. The summed E-state index contributed by atoms with van der Waals surface area (Å²) in [5.41, 5.74) is -0.510. The fourth-order valence-corrected chi connectivity index (χ4v) is 2.43. The third-order valence-electron chi connectivity index (χ3n) is 2.99. The zero-order valence-corrected chi connectivity index (χ0v) is 13.4. The quantitative estimate of drug-likeness (QED) is 0.821. The molecular weight excluding hydrogens is 359 g/mol. The Bertz CT molecular complexity index is 755. The largest absolute Gasteiger partial charge is 0.455 e. The van der Waals surface area contributed by atoms with Crippen molar-refractivity contribution in [3.8, 4) is 0 Å². The molecule has 0 bridgehead atoms. The summed E-state index contributed by atoms with van der Waals surface area (Å²) in [5, 5.41) is 3.73. The molecule has 5 nitrogen and oxygen atoms in total. The Kier molecular flexibility index (Phi) is 5.92. The smallest absolute Gasteiger partial charge is 0.416 e. The Labute approximate surface area is 144 Å². The molecule has 0 saturated heterocycles. The van der Waals surface area contributed by atoms with Gasteiger partial charge in [-0.2, -0.15) is 13.2 Å². The number of carbonyl (C=O) groups excluding carboxylic acids is 3. The van der Waals surface area contributed by atoms with Crippen molar-refractivity contribution in [1.29, 1.82) is 0 Å². The molecule has 9 heteroatoms. The van der Waals surface area contributed by atoms with Crippen molar-refractivity contribution in [3.63, 3.8) is 0 Å². The molecule has 0 unspecified atom stereocenters. The number of esters is 1. The van der Waals surface area contributed by atoms with Crippen LogP contribution in [0.5, 0.6) is 0 Å². The van der Waals surface area contributed by atoms with Crippen molar-refractivity contribution in [2.24, 2.45) is 0 Å². The summed E-state index contributed by atoms with van der Waals surface area (Å²) in [6.45, 7) is -0.656. The molecule has 0 aliphatic rings. The minimum atomic E-state index is -4.45. The number of hydrogen-bond acceptors (Lipinski definition) is 5. The lowest BCUT2D eigenvalue weighted by atomic mass is 10.1. The summed E-state index contributed by atoms with van der Waals surface area (Å²) in [4.78, 5) is 35.1. The van der Waals surface area contributed by atoms with Crippen molar-refractivity contribution >= 4 is 29.1 Å². The maximum absolute atomic E-state index is 12.4. The SMILES string of the molecule is O=C(COC(=O)Cc1ccc(C(F)(F)F)cc1)NC(=O)c1cccs1. The molecule has 1 aromatic carbocycles. The molecule has 0 atom stereocenters. The second kappa shape index (κ2) is 7.93. The van der Waals surface area contributed by atoms with Gasteiger partial charge in [-0.3, -0.25) is 19.7 Å². The Hall–Kier alpha value is -2.68. The van der Waals surface area contributed by atoms with Gasteiger partial charge in [-0.15, -0.1) is 11.3 Å². The number of carbonyl (C=O) groups is 3. The van der Waals surface area contributed by atoms with Crippen LogP contribution in [0.4, 0.5) is 13.2 Å². The lowest BCUT2D eigenvalue weighted by Crippen LogP contribution is -2.33. The highest BCUT2D eigenvalue weighted by Crippen LogP contribution is 2.29. The van der Waals surface area contributed by atoms with Crippen LogP contribution in [-0.2, 0) is 26.9 Å². The lowest BCUT2D eigenvalue weighted by molar-refractivity contribution is -0.147. The highest BCUT2D eigenvalue weighted by Gasteiger charge is 2.30. The molecule has 0 aliphatic carbocycles. The molecule has 0 aliphatic heterocycles. The fraction of sp³-hybridized carbons (Fsp3) is 0.188. The van der Waals surface area contributed by atoms with E-state index in [9.17, 15) is 27.6 Å². The Balaban J connectivity index is 1.78. The molecule has 0 spiro atoms. The van der Waals surface area contributed by atoms with E-state index in [1.54, 1.807) is 11.4 Å². The lowest BCUT2D eigenvalue weighted by Gasteiger charge is -2.08. The van der Waals surface area contributed by atoms with Gasteiger partial charge in [0.15, 0.2) is 6.61 Å². The van der Waals surface area contributed by atoms with Crippen LogP contribution in [0.25, 0.3) is 0 Å². The number of benzene rings is 1. The van der Waals surface area contributed by atoms with Crippen molar-refractivity contribution in [3.05, 3.63) is 57.8 Å². The van der Waals surface area contributed by atoms with Gasteiger partial charge in [0, 0.05) is 0 Å². The number of ether oxygens (including phenoxy) is 1. The van der Waals surface area contributed by atoms with E-state index in [-0.39, 0.29) is 6.42 Å². The fourth-order valence-electron chi connectivity index (χ4n) is 1.81. The van der Waals surface area contributed by atoms with E-state index in [0.717, 1.165) is 35.6 Å². The first-order valence-electron chi connectivity index (χ1n) is 6.95. The van der Waals surface area contributed by atoms with Crippen molar-refractivity contribution in [2.45, 2.75) is 12.6 Å². The van der Waals surface area contributed by atoms with Crippen molar-refractivity contribution in [2.75, 3.05) is 6.61 Å². The zero-order chi connectivity index (χ0) is 18.4. The number of thiophene rings is 1. The van der Waals surface area contributed by atoms with Crippen LogP contribution in [0.1, 0.15) is 20.8 Å². The standard InChI is InChI=1S/C16H12F3NO4S/c17-16(18,19)11-5-3-10(4-6-11)8-14(22)24-9-13(21)20-15(23)12-2-1-7-25-12/h1-7H,8-9H2,(H,20,21,23). The zero-order valence-electron chi connectivity index (χ0n) is 12.6. The third-order valence-corrected chi connectivity index (χ3v) is 3.86. The first-order chi connectivity index (χ1) is 11.8. The molecular formula is C16H12F3NO4S. The number of alkyl halides is 3. The van der Waals surface area contributed by atoms with Gasteiger partial charge in [-0.05, 0) is 29.1 Å². The highest BCUT2D eigenvalue weighted by molar-refractivity contribution is 7.12. The van der Waals surface area contributed by atoms with Crippen molar-refractivity contribution in [1.82, 2.24) is 5.32 Å². The Morgan fingerprint density at radius 2 is 1.76 bits per heavy atom. The van der Waals surface area contributed by atoms with Gasteiger partial charge in [-0.1, -0.05) is 18.2 Å². The van der Waals surface area contributed by atoms with E-state index in [0.29, 0.717) is 10.4 Å². The van der Waals surface area contributed by atoms with E-state index in [1.807, 2.05) is 0 Å². The predicted octanol–water partition coefficient (Wildman–Crippen LogP) is 2.81. The summed E-state index contributed by atoms with van der Waals surface area (Å²) in [7, 11) is 0. The summed E-state index contributed by atoms with van der Waals surface area (Å²) in [6.07, 6.45) is -4.74. The summed E-state index contributed by atoms with van der Waals surface area (Å²) in [5.74, 6) is -2.18. The van der Waals surface area contributed by atoms with E-state index in [4.69, 9.17) is 4.74 Å². The van der Waals surface area contributed by atoms with E-state index in [1.165, 1.54) is 6.07 Å². The van der Waals surface area contributed by atoms with Gasteiger partial charge in [0.1, 0.15) is 0 Å². The van der Waals surface area contributed by atoms with Gasteiger partial charge in [0.2, 0.25) is 0 Å². The summed E-state index contributed by atoms with van der Waals surface area (Å²) in [6, 6.07) is 7.21. The normalized spacial score (nSPS) is 11.0. The second-order valence-electron chi connectivity index (χ2n) is 4.89. The van der Waals surface area contributed by atoms with Crippen LogP contribution < -0.4 is 5.32 Å². The van der Waals surface area contributed by atoms with E-state index >= 15 is 0 Å². The van der Waals surface area contributed by atoms with Crippen LogP contribution in [0.3, 0.4) is 0 Å². The van der Waals surface area contributed by atoms with Crippen molar-refractivity contribution < 1.29 is 32.3 Å². The van der Waals surface area contributed by atoms with Crippen LogP contribution >= 0.6 is 11.3 Å². The first-order valence-corrected chi connectivity index (χ1v) is 7.83. The van der Waals surface area contributed by atoms with Crippen LogP contribution in [0.15, 0.2) is 41.8 Å². The minimum Gasteiger partial charge on any atom is -0.455 e. The summed E-state index contributed by atoms with van der Waals surface area (Å²) < 4.78 is 42.0. The average molecular weight is 371 g/mol. The number of rotatable bonds is 5. The average Bonchev–Trinajstić information content (AvgIpc) is 3.07. The first kappa shape index (κ1) is 18.7. The van der Waals surface area contributed by atoms with E-state index in [2.05, 4.69) is 5.32 Å². The second-order valence-corrected chi connectivity index (χ2v) is 5.83. The maximum Gasteiger partial charge on any atom is 0.416 e. The van der Waals surface area contributed by atoms with Gasteiger partial charge >= 0.3 is 12.1 Å². The molecule has 2 aromatic rings. The number of imide groups is 1. The maximum atomic E-state index is 12.4. The number of nitrogens with one attached hydrogen (secondary N) is 1. The Morgan fingerprint density at radius 3 is 2.32 bits per heavy atom.